The number of pyridine rings is 1. The van der Waals surface area contributed by atoms with Crippen molar-refractivity contribution in [2.75, 3.05) is 36.8 Å². The summed E-state index contributed by atoms with van der Waals surface area (Å²) in [7, 11) is 0. The fourth-order valence-electron chi connectivity index (χ4n) is 7.03. The lowest BCUT2D eigenvalue weighted by atomic mass is 10.0. The Bertz CT molecular complexity index is 1800. The Kier molecular flexibility index (Phi) is 10.4. The number of piperazine rings is 1. The lowest BCUT2D eigenvalue weighted by Crippen LogP contribution is -2.55. The molecule has 12 nitrogen and oxygen atoms in total. The summed E-state index contributed by atoms with van der Waals surface area (Å²) in [5, 5.41) is 18.7. The average molecular weight is 693 g/mol. The third-order valence-corrected chi connectivity index (χ3v) is 11.2. The van der Waals surface area contributed by atoms with Crippen molar-refractivity contribution in [1.29, 1.82) is 0 Å². The smallest absolute Gasteiger partial charge is 0.341 e. The molecule has 6 rings (SSSR count). The third kappa shape index (κ3) is 7.53. The normalized spacial score (nSPS) is 20.9. The zero-order chi connectivity index (χ0) is 34.7. The fourth-order valence-corrected chi connectivity index (χ4v) is 8.58. The first-order chi connectivity index (χ1) is 23.6. The van der Waals surface area contributed by atoms with Crippen LogP contribution in [0.1, 0.15) is 48.5 Å². The summed E-state index contributed by atoms with van der Waals surface area (Å²) in [6.45, 7) is 3.48. The molecule has 49 heavy (non-hydrogen) atoms. The maximum atomic E-state index is 15.4. The minimum atomic E-state index is -1.36. The summed E-state index contributed by atoms with van der Waals surface area (Å²) < 4.78 is 17.0. The van der Waals surface area contributed by atoms with Gasteiger partial charge in [-0.1, -0.05) is 36.8 Å². The van der Waals surface area contributed by atoms with Crippen molar-refractivity contribution < 1.29 is 28.7 Å². The highest BCUT2D eigenvalue weighted by Crippen LogP contribution is 2.33. The number of aromatic nitrogens is 1. The Balaban J connectivity index is 1.08. The van der Waals surface area contributed by atoms with Crippen LogP contribution in [0.15, 0.2) is 53.5 Å². The maximum absolute atomic E-state index is 15.4. The van der Waals surface area contributed by atoms with Gasteiger partial charge in [-0.25, -0.2) is 14.0 Å². The molecule has 4 amide bonds. The number of carboxylic acids is 1. The molecule has 0 bridgehead atoms. The van der Waals surface area contributed by atoms with Crippen LogP contribution in [-0.2, 0) is 22.6 Å². The molecular formula is C35H41FN6O6S. The molecule has 14 heteroatoms. The van der Waals surface area contributed by atoms with Crippen LogP contribution < -0.4 is 26.3 Å². The van der Waals surface area contributed by atoms with Crippen molar-refractivity contribution in [3.63, 3.8) is 0 Å². The molecule has 3 saturated heterocycles. The molecule has 3 aliphatic rings. The predicted octanol–water partition coefficient (Wildman–Crippen LogP) is 2.96. The number of hydrogen-bond donors (Lipinski definition) is 4. The van der Waals surface area contributed by atoms with Crippen LogP contribution in [0, 0.1) is 5.82 Å². The molecule has 4 heterocycles. The van der Waals surface area contributed by atoms with E-state index < -0.39 is 28.8 Å². The van der Waals surface area contributed by atoms with Crippen LogP contribution in [-0.4, -0.2) is 93.7 Å². The second-order valence-corrected chi connectivity index (χ2v) is 14.0. The molecule has 3 fully saturated rings. The average Bonchev–Trinajstić information content (AvgIpc) is 3.65. The Morgan fingerprint density at radius 1 is 1.06 bits per heavy atom. The lowest BCUT2D eigenvalue weighted by molar-refractivity contribution is -0.136. The Morgan fingerprint density at radius 3 is 2.53 bits per heavy atom. The van der Waals surface area contributed by atoms with Gasteiger partial charge in [-0.05, 0) is 37.5 Å². The summed E-state index contributed by atoms with van der Waals surface area (Å²) in [5.74, 6) is -1.50. The fraction of sp³-hybridized carbons (Fsp3) is 0.457. The number of unbranched alkanes of at least 4 members (excludes halogenated alkanes) is 1. The molecule has 0 saturated carbocycles. The molecule has 3 aromatic rings. The van der Waals surface area contributed by atoms with E-state index >= 15 is 4.39 Å². The standard InChI is InChI=1S/C35H41FN6O6S/c1-2-40-19-23(34(46)47)32(44)22-17-24(36)28(18-27(22)40)41-12-14-42(15-13-41)33(45)25(16-21-8-4-3-5-9-21)37-30(43)11-7-6-10-29-31-26(20-49-29)38-35(48)39-31/h3-5,8-9,17-19,25-26,29,31H,2,6-7,10-16,20H2,1H3,(H,37,43)(H,46,47)(H2,38,39,48)/t25-,26-,29-,31-/m0/s1. The van der Waals surface area contributed by atoms with E-state index in [1.54, 1.807) is 15.5 Å². The van der Waals surface area contributed by atoms with Gasteiger partial charge in [-0.15, -0.1) is 0 Å². The van der Waals surface area contributed by atoms with Crippen molar-refractivity contribution >= 4 is 52.2 Å². The van der Waals surface area contributed by atoms with Crippen LogP contribution >= 0.6 is 11.8 Å². The Morgan fingerprint density at radius 2 is 1.82 bits per heavy atom. The Hall–Kier alpha value is -4.59. The van der Waals surface area contributed by atoms with Crippen molar-refractivity contribution in [3.8, 4) is 0 Å². The largest absolute Gasteiger partial charge is 0.477 e. The second kappa shape index (κ2) is 14.9. The number of amides is 4. The molecule has 0 aliphatic carbocycles. The molecule has 2 aromatic carbocycles. The molecule has 1 aromatic heterocycles. The molecule has 4 atom stereocenters. The van der Waals surface area contributed by atoms with Crippen molar-refractivity contribution in [3.05, 3.63) is 75.8 Å². The summed E-state index contributed by atoms with van der Waals surface area (Å²) in [5.41, 5.74) is 0.487. The van der Waals surface area contributed by atoms with E-state index in [1.165, 1.54) is 6.20 Å². The van der Waals surface area contributed by atoms with E-state index in [-0.39, 0.29) is 41.0 Å². The van der Waals surface area contributed by atoms with Gasteiger partial charge in [0.1, 0.15) is 17.4 Å². The van der Waals surface area contributed by atoms with Crippen LogP contribution in [0.2, 0.25) is 0 Å². The molecule has 0 unspecified atom stereocenters. The number of aryl methyl sites for hydroxylation is 1. The summed E-state index contributed by atoms with van der Waals surface area (Å²) >= 11 is 1.84. The van der Waals surface area contributed by atoms with E-state index in [9.17, 15) is 29.1 Å². The molecule has 260 valence electrons. The highest BCUT2D eigenvalue weighted by atomic mass is 32.2. The highest BCUT2D eigenvalue weighted by Gasteiger charge is 2.42. The number of rotatable bonds is 12. The number of hydrogen-bond acceptors (Lipinski definition) is 7. The van der Waals surface area contributed by atoms with Gasteiger partial charge >= 0.3 is 12.0 Å². The van der Waals surface area contributed by atoms with E-state index in [4.69, 9.17) is 0 Å². The van der Waals surface area contributed by atoms with Crippen molar-refractivity contribution in [1.82, 2.24) is 25.4 Å². The third-order valence-electron chi connectivity index (χ3n) is 9.65. The number of anilines is 1. The van der Waals surface area contributed by atoms with Gasteiger partial charge in [0.25, 0.3) is 0 Å². The number of nitrogens with one attached hydrogen (secondary N) is 3. The van der Waals surface area contributed by atoms with Crippen molar-refractivity contribution in [2.45, 2.75) is 68.9 Å². The van der Waals surface area contributed by atoms with Gasteiger partial charge in [0, 0.05) is 68.2 Å². The number of fused-ring (bicyclic) bond motifs is 2. The van der Waals surface area contributed by atoms with Crippen LogP contribution in [0.5, 0.6) is 0 Å². The lowest BCUT2D eigenvalue weighted by Gasteiger charge is -2.38. The summed E-state index contributed by atoms with van der Waals surface area (Å²) in [6, 6.07) is 11.6. The number of carbonyl (C=O) groups excluding carboxylic acids is 3. The number of thioether (sulfide) groups is 1. The van der Waals surface area contributed by atoms with E-state index in [0.29, 0.717) is 62.8 Å². The number of carbonyl (C=O) groups is 4. The molecular weight excluding hydrogens is 651 g/mol. The minimum Gasteiger partial charge on any atom is -0.477 e. The minimum absolute atomic E-state index is 0.00184. The van der Waals surface area contributed by atoms with Crippen LogP contribution in [0.4, 0.5) is 14.9 Å². The number of nitrogens with zero attached hydrogens (tertiary/aromatic N) is 3. The molecule has 4 N–H and O–H groups in total. The van der Waals surface area contributed by atoms with Gasteiger partial charge in [-0.2, -0.15) is 11.8 Å². The monoisotopic (exact) mass is 692 g/mol. The molecule has 0 radical (unpaired) electrons. The van der Waals surface area contributed by atoms with Gasteiger partial charge in [0.05, 0.1) is 23.3 Å². The summed E-state index contributed by atoms with van der Waals surface area (Å²) in [4.78, 5) is 66.5. The quantitative estimate of drug-likeness (QED) is 0.167. The first-order valence-electron chi connectivity index (χ1n) is 16.8. The number of urea groups is 1. The van der Waals surface area contributed by atoms with Gasteiger partial charge in [0.2, 0.25) is 17.2 Å². The maximum Gasteiger partial charge on any atom is 0.341 e. The van der Waals surface area contributed by atoms with Crippen molar-refractivity contribution in [2.24, 2.45) is 0 Å². The predicted molar refractivity (Wildman–Crippen MR) is 186 cm³/mol. The van der Waals surface area contributed by atoms with Gasteiger partial charge in [-0.3, -0.25) is 14.4 Å². The van der Waals surface area contributed by atoms with E-state index in [1.807, 2.05) is 53.9 Å². The summed E-state index contributed by atoms with van der Waals surface area (Å²) in [6.07, 6.45) is 4.32. The van der Waals surface area contributed by atoms with Gasteiger partial charge < -0.3 is 35.4 Å². The molecule has 3 aliphatic heterocycles. The SMILES string of the molecule is CCn1cc(C(=O)O)c(=O)c2cc(F)c(N3CCN(C(=O)[C@H](Cc4ccccc4)NC(=O)CCCC[C@@H]4SC[C@@H]5NC(=O)N[C@@H]54)CC3)cc21. The zero-order valence-electron chi connectivity index (χ0n) is 27.3. The first-order valence-corrected chi connectivity index (χ1v) is 17.8. The number of halogens is 1. The number of aromatic carboxylic acids is 1. The Labute approximate surface area is 287 Å². The van der Waals surface area contributed by atoms with E-state index in [2.05, 4.69) is 16.0 Å². The second-order valence-electron chi connectivity index (χ2n) is 12.8. The molecule has 0 spiro atoms. The van der Waals surface area contributed by atoms with Crippen LogP contribution in [0.3, 0.4) is 0 Å². The topological polar surface area (TPSA) is 153 Å². The first kappa shape index (κ1) is 34.3. The highest BCUT2D eigenvalue weighted by molar-refractivity contribution is 8.00. The number of benzene rings is 2. The van der Waals surface area contributed by atoms with Crippen LogP contribution in [0.25, 0.3) is 10.9 Å². The zero-order valence-corrected chi connectivity index (χ0v) is 28.1. The van der Waals surface area contributed by atoms with Gasteiger partial charge in [0.15, 0.2) is 0 Å². The van der Waals surface area contributed by atoms with E-state index in [0.717, 1.165) is 30.2 Å². The number of carboxylic acid groups (broad SMARTS) is 1.